The van der Waals surface area contributed by atoms with Gasteiger partial charge in [-0.15, -0.1) is 0 Å². The first kappa shape index (κ1) is 26.3. The summed E-state index contributed by atoms with van der Waals surface area (Å²) >= 11 is 0. The quantitative estimate of drug-likeness (QED) is 0.199. The molecule has 0 saturated heterocycles. The second-order valence-corrected chi connectivity index (χ2v) is 11.8. The van der Waals surface area contributed by atoms with Gasteiger partial charge in [0, 0.05) is 33.9 Å². The summed E-state index contributed by atoms with van der Waals surface area (Å²) in [5.41, 5.74) is 9.85. The monoisotopic (exact) mass is 587 g/mol. The van der Waals surface area contributed by atoms with E-state index in [0.717, 1.165) is 39.0 Å². The van der Waals surface area contributed by atoms with Crippen LogP contribution in [0.1, 0.15) is 0 Å². The van der Waals surface area contributed by atoms with Crippen molar-refractivity contribution < 1.29 is 4.42 Å². The van der Waals surface area contributed by atoms with Crippen LogP contribution in [0, 0.1) is 0 Å². The Morgan fingerprint density at radius 1 is 0.304 bits per heavy atom. The molecule has 0 aliphatic rings. The highest BCUT2D eigenvalue weighted by Crippen LogP contribution is 2.40. The second-order valence-electron chi connectivity index (χ2n) is 11.8. The zero-order valence-corrected chi connectivity index (χ0v) is 25.1. The zero-order valence-electron chi connectivity index (χ0n) is 25.1. The number of rotatable bonds is 5. The Balaban J connectivity index is 1.15. The third kappa shape index (κ3) is 4.60. The van der Waals surface area contributed by atoms with Gasteiger partial charge in [0.15, 0.2) is 0 Å². The Bertz CT molecular complexity index is 2530. The van der Waals surface area contributed by atoms with E-state index >= 15 is 0 Å². The van der Waals surface area contributed by atoms with E-state index in [0.29, 0.717) is 0 Å². The number of para-hydroxylation sites is 1. The molecule has 0 atom stereocenters. The number of benzene rings is 8. The van der Waals surface area contributed by atoms with E-state index in [-0.39, 0.29) is 0 Å². The van der Waals surface area contributed by atoms with E-state index in [1.54, 1.807) is 0 Å². The molecule has 2 heteroatoms. The molecule has 1 aromatic heterocycles. The number of nitrogens with zero attached hydrogens (tertiary/aromatic N) is 1. The molecule has 0 radical (unpaired) electrons. The SMILES string of the molecule is c1ccc(-c2ccc(N(c3ccc4cc(-c5ccc6ccccc6c5)ccc4c3)c3ccc4c(c3)oc3ccccc34)cc2)cc1. The summed E-state index contributed by atoms with van der Waals surface area (Å²) in [6.45, 7) is 0. The van der Waals surface area contributed by atoms with Gasteiger partial charge in [0.2, 0.25) is 0 Å². The summed E-state index contributed by atoms with van der Waals surface area (Å²) < 4.78 is 6.32. The van der Waals surface area contributed by atoms with Crippen LogP contribution in [0.15, 0.2) is 180 Å². The second kappa shape index (κ2) is 10.8. The molecule has 2 nitrogen and oxygen atoms in total. The Labute approximate surface area is 267 Å². The molecule has 0 bridgehead atoms. The van der Waals surface area contributed by atoms with Gasteiger partial charge in [-0.05, 0) is 98.4 Å². The Kier molecular flexibility index (Phi) is 6.17. The lowest BCUT2D eigenvalue weighted by molar-refractivity contribution is 0.669. The van der Waals surface area contributed by atoms with Crippen LogP contribution >= 0.6 is 0 Å². The summed E-state index contributed by atoms with van der Waals surface area (Å²) in [7, 11) is 0. The maximum atomic E-state index is 6.32. The van der Waals surface area contributed by atoms with Gasteiger partial charge in [0.25, 0.3) is 0 Å². The molecule has 0 N–H and O–H groups in total. The predicted octanol–water partition coefficient (Wildman–Crippen LogP) is 12.7. The number of furan rings is 1. The minimum atomic E-state index is 0.880. The predicted molar refractivity (Wildman–Crippen MR) is 194 cm³/mol. The molecule has 0 aliphatic heterocycles. The summed E-state index contributed by atoms with van der Waals surface area (Å²) in [5.74, 6) is 0. The minimum Gasteiger partial charge on any atom is -0.456 e. The molecular weight excluding hydrogens is 558 g/mol. The van der Waals surface area contributed by atoms with Crippen LogP contribution in [-0.4, -0.2) is 0 Å². The van der Waals surface area contributed by atoms with Gasteiger partial charge >= 0.3 is 0 Å². The average Bonchev–Trinajstić information content (AvgIpc) is 3.50. The lowest BCUT2D eigenvalue weighted by atomic mass is 9.98. The van der Waals surface area contributed by atoms with Crippen LogP contribution in [-0.2, 0) is 0 Å². The van der Waals surface area contributed by atoms with E-state index in [4.69, 9.17) is 4.42 Å². The Hall–Kier alpha value is -6.12. The fourth-order valence-electron chi connectivity index (χ4n) is 6.66. The van der Waals surface area contributed by atoms with Gasteiger partial charge < -0.3 is 9.32 Å². The fourth-order valence-corrected chi connectivity index (χ4v) is 6.66. The van der Waals surface area contributed by atoms with Crippen molar-refractivity contribution in [1.82, 2.24) is 0 Å². The van der Waals surface area contributed by atoms with Gasteiger partial charge in [0.05, 0.1) is 0 Å². The molecule has 0 unspecified atom stereocenters. The van der Waals surface area contributed by atoms with Crippen molar-refractivity contribution in [1.29, 1.82) is 0 Å². The van der Waals surface area contributed by atoms with Gasteiger partial charge in [0.1, 0.15) is 11.2 Å². The first-order chi connectivity index (χ1) is 22.8. The van der Waals surface area contributed by atoms with Crippen LogP contribution in [0.4, 0.5) is 17.1 Å². The number of fused-ring (bicyclic) bond motifs is 5. The van der Waals surface area contributed by atoms with Crippen molar-refractivity contribution in [2.75, 3.05) is 4.90 Å². The van der Waals surface area contributed by atoms with E-state index in [9.17, 15) is 0 Å². The van der Waals surface area contributed by atoms with Crippen molar-refractivity contribution in [2.24, 2.45) is 0 Å². The van der Waals surface area contributed by atoms with Crippen LogP contribution in [0.3, 0.4) is 0 Å². The van der Waals surface area contributed by atoms with Crippen molar-refractivity contribution in [2.45, 2.75) is 0 Å². The molecule has 0 spiro atoms. The molecule has 216 valence electrons. The molecule has 9 aromatic rings. The molecule has 8 aromatic carbocycles. The largest absolute Gasteiger partial charge is 0.456 e. The maximum absolute atomic E-state index is 6.32. The smallest absolute Gasteiger partial charge is 0.137 e. The average molecular weight is 588 g/mol. The standard InChI is InChI=1S/C44H29NO/c1-2-8-30(9-3-1)32-18-21-38(22-19-32)45(40-24-25-42-41-12-6-7-13-43(41)46-44(42)29-40)39-23-20-36-27-35(16-17-37(36)28-39)34-15-14-31-10-4-5-11-33(31)26-34/h1-29H. The van der Waals surface area contributed by atoms with Crippen molar-refractivity contribution in [3.05, 3.63) is 176 Å². The lowest BCUT2D eigenvalue weighted by Gasteiger charge is -2.26. The molecule has 0 saturated carbocycles. The molecule has 0 aliphatic carbocycles. The maximum Gasteiger partial charge on any atom is 0.137 e. The summed E-state index contributed by atoms with van der Waals surface area (Å²) in [5, 5.41) is 7.17. The highest BCUT2D eigenvalue weighted by atomic mass is 16.3. The Morgan fingerprint density at radius 3 is 1.65 bits per heavy atom. The molecule has 9 rings (SSSR count). The van der Waals surface area contributed by atoms with E-state index in [1.165, 1.54) is 43.8 Å². The third-order valence-corrected chi connectivity index (χ3v) is 9.02. The van der Waals surface area contributed by atoms with E-state index < -0.39 is 0 Å². The molecular formula is C44H29NO. The summed E-state index contributed by atoms with van der Waals surface area (Å²) in [6, 6.07) is 62.8. The van der Waals surface area contributed by atoms with Crippen molar-refractivity contribution in [3.63, 3.8) is 0 Å². The number of hydrogen-bond acceptors (Lipinski definition) is 2. The summed E-state index contributed by atoms with van der Waals surface area (Å²) in [4.78, 5) is 2.32. The fraction of sp³-hybridized carbons (Fsp3) is 0. The molecule has 0 amide bonds. The van der Waals surface area contributed by atoms with Crippen LogP contribution in [0.5, 0.6) is 0 Å². The van der Waals surface area contributed by atoms with Gasteiger partial charge in [-0.2, -0.15) is 0 Å². The van der Waals surface area contributed by atoms with E-state index in [2.05, 4.69) is 169 Å². The number of hydrogen-bond donors (Lipinski definition) is 0. The first-order valence-corrected chi connectivity index (χ1v) is 15.7. The minimum absolute atomic E-state index is 0.880. The highest BCUT2D eigenvalue weighted by Gasteiger charge is 2.16. The first-order valence-electron chi connectivity index (χ1n) is 15.7. The van der Waals surface area contributed by atoms with Crippen LogP contribution in [0.25, 0.3) is 65.7 Å². The Morgan fingerprint density at radius 2 is 0.826 bits per heavy atom. The van der Waals surface area contributed by atoms with Gasteiger partial charge in [-0.25, -0.2) is 0 Å². The van der Waals surface area contributed by atoms with Crippen LogP contribution in [0.2, 0.25) is 0 Å². The number of anilines is 3. The van der Waals surface area contributed by atoms with E-state index in [1.807, 2.05) is 12.1 Å². The highest BCUT2D eigenvalue weighted by molar-refractivity contribution is 6.06. The molecule has 0 fully saturated rings. The van der Waals surface area contributed by atoms with Gasteiger partial charge in [-0.1, -0.05) is 115 Å². The topological polar surface area (TPSA) is 16.4 Å². The van der Waals surface area contributed by atoms with Gasteiger partial charge in [-0.3, -0.25) is 0 Å². The zero-order chi connectivity index (χ0) is 30.5. The third-order valence-electron chi connectivity index (χ3n) is 9.02. The molecule has 46 heavy (non-hydrogen) atoms. The van der Waals surface area contributed by atoms with Crippen LogP contribution < -0.4 is 4.90 Å². The van der Waals surface area contributed by atoms with Crippen molar-refractivity contribution >= 4 is 60.5 Å². The van der Waals surface area contributed by atoms with Crippen molar-refractivity contribution in [3.8, 4) is 22.3 Å². The summed E-state index contributed by atoms with van der Waals surface area (Å²) in [6.07, 6.45) is 0. The molecule has 1 heterocycles. The lowest BCUT2D eigenvalue weighted by Crippen LogP contribution is -2.09. The normalized spacial score (nSPS) is 11.5.